The van der Waals surface area contributed by atoms with Crippen molar-refractivity contribution in [3.63, 3.8) is 0 Å². The summed E-state index contributed by atoms with van der Waals surface area (Å²) in [5, 5.41) is 0. The smallest absolute Gasteiger partial charge is 0.314 e. The zero-order chi connectivity index (χ0) is 28.2. The fourth-order valence-corrected chi connectivity index (χ4v) is 5.82. The summed E-state index contributed by atoms with van der Waals surface area (Å²) in [5.74, 6) is 0.00324. The number of aryl methyl sites for hydroxylation is 1. The van der Waals surface area contributed by atoms with Crippen molar-refractivity contribution in [1.29, 1.82) is 0 Å². The molecule has 208 valence electrons. The lowest BCUT2D eigenvalue weighted by atomic mass is 9.80. The molecule has 0 fully saturated rings. The molecule has 2 atom stereocenters. The van der Waals surface area contributed by atoms with Crippen LogP contribution in [-0.2, 0) is 15.0 Å². The zero-order valence-corrected chi connectivity index (χ0v) is 25.2. The van der Waals surface area contributed by atoms with E-state index >= 15 is 0 Å². The predicted octanol–water partition coefficient (Wildman–Crippen LogP) is 9.49. The van der Waals surface area contributed by atoms with E-state index < -0.39 is 0 Å². The van der Waals surface area contributed by atoms with E-state index in [0.717, 1.165) is 90.3 Å². The minimum atomic E-state index is -0.235. The third kappa shape index (κ3) is 5.84. The van der Waals surface area contributed by atoms with E-state index in [1.54, 1.807) is 0 Å². The summed E-state index contributed by atoms with van der Waals surface area (Å²) in [7, 11) is 0. The van der Waals surface area contributed by atoms with Crippen molar-refractivity contribution in [2.24, 2.45) is 11.8 Å². The van der Waals surface area contributed by atoms with Gasteiger partial charge in [-0.1, -0.05) is 92.3 Å². The molecule has 0 aliphatic heterocycles. The molecule has 2 unspecified atom stereocenters. The number of rotatable bonds is 12. The standard InChI is InChI=1S/C34H48O4/c1-10-14-18-23(12-3)32(35)37-30-22(6)27-25-20-16-17-21(5)26(25)28(29(27)34(7,8)9)31(30)38-33(36)24(13-4)19-15-11-2/h16-17,20,23-24H,10-15,18-19H2,1-9H3. The lowest BCUT2D eigenvalue weighted by molar-refractivity contribution is -0.142. The summed E-state index contributed by atoms with van der Waals surface area (Å²) >= 11 is 0. The third-order valence-electron chi connectivity index (χ3n) is 8.06. The van der Waals surface area contributed by atoms with Crippen LogP contribution in [0.3, 0.4) is 0 Å². The first-order chi connectivity index (χ1) is 18.0. The van der Waals surface area contributed by atoms with E-state index in [-0.39, 0.29) is 29.2 Å². The minimum Gasteiger partial charge on any atom is -0.422 e. The summed E-state index contributed by atoms with van der Waals surface area (Å²) in [6, 6.07) is 6.31. The SMILES string of the molecule is CCCCC(CC)C(=O)Oc1c(C)c2c(C(C)(C)C)c(c1OC(=O)C(CC)CCCC)-c1c(C)cccc1-2. The maximum atomic E-state index is 13.6. The first-order valence-electron chi connectivity index (χ1n) is 14.8. The molecule has 2 aromatic rings. The van der Waals surface area contributed by atoms with Crippen LogP contribution in [0.25, 0.3) is 22.3 Å². The van der Waals surface area contributed by atoms with Crippen LogP contribution in [-0.4, -0.2) is 11.9 Å². The lowest BCUT2D eigenvalue weighted by Gasteiger charge is -2.27. The van der Waals surface area contributed by atoms with Gasteiger partial charge in [-0.05, 0) is 72.8 Å². The van der Waals surface area contributed by atoms with Gasteiger partial charge in [-0.25, -0.2) is 0 Å². The second-order valence-electron chi connectivity index (χ2n) is 12.0. The second kappa shape index (κ2) is 12.5. The summed E-state index contributed by atoms with van der Waals surface area (Å²) in [6.07, 6.45) is 7.06. The molecule has 0 saturated heterocycles. The van der Waals surface area contributed by atoms with Gasteiger partial charge in [0.2, 0.25) is 0 Å². The average Bonchev–Trinajstić information content (AvgIpc) is 3.19. The summed E-state index contributed by atoms with van der Waals surface area (Å²) in [4.78, 5) is 27.1. The van der Waals surface area contributed by atoms with Crippen molar-refractivity contribution in [3.05, 3.63) is 34.9 Å². The fraction of sp³-hybridized carbons (Fsp3) is 0.588. The molecule has 38 heavy (non-hydrogen) atoms. The molecule has 0 radical (unpaired) electrons. The topological polar surface area (TPSA) is 52.6 Å². The van der Waals surface area contributed by atoms with E-state index in [1.807, 2.05) is 20.8 Å². The summed E-state index contributed by atoms with van der Waals surface area (Å²) < 4.78 is 12.6. The summed E-state index contributed by atoms with van der Waals surface area (Å²) in [5.41, 5.74) is 7.16. The van der Waals surface area contributed by atoms with Crippen molar-refractivity contribution in [2.45, 2.75) is 119 Å². The molecule has 4 heteroatoms. The Morgan fingerprint density at radius 2 is 1.29 bits per heavy atom. The van der Waals surface area contributed by atoms with Gasteiger partial charge >= 0.3 is 11.9 Å². The van der Waals surface area contributed by atoms with Gasteiger partial charge in [0.25, 0.3) is 0 Å². The van der Waals surface area contributed by atoms with Crippen LogP contribution in [0, 0.1) is 25.7 Å². The van der Waals surface area contributed by atoms with E-state index in [2.05, 4.69) is 59.7 Å². The molecule has 0 spiro atoms. The Labute approximate surface area is 230 Å². The number of unbranched alkanes of at least 4 members (excludes halogenated alkanes) is 2. The maximum absolute atomic E-state index is 13.6. The Kier molecular flexibility index (Phi) is 9.84. The zero-order valence-electron chi connectivity index (χ0n) is 25.2. The lowest BCUT2D eigenvalue weighted by Crippen LogP contribution is -2.24. The van der Waals surface area contributed by atoms with Gasteiger partial charge in [0, 0.05) is 11.1 Å². The molecule has 2 bridgehead atoms. The van der Waals surface area contributed by atoms with Crippen LogP contribution in [0.5, 0.6) is 11.5 Å². The van der Waals surface area contributed by atoms with Gasteiger partial charge in [-0.2, -0.15) is 0 Å². The monoisotopic (exact) mass is 520 g/mol. The Balaban J connectivity index is 2.26. The van der Waals surface area contributed by atoms with Crippen LogP contribution < -0.4 is 9.47 Å². The van der Waals surface area contributed by atoms with Gasteiger partial charge in [0.15, 0.2) is 11.5 Å². The van der Waals surface area contributed by atoms with E-state index in [9.17, 15) is 9.59 Å². The van der Waals surface area contributed by atoms with E-state index in [0.29, 0.717) is 11.5 Å². The van der Waals surface area contributed by atoms with Crippen molar-refractivity contribution in [3.8, 4) is 33.8 Å². The highest BCUT2D eigenvalue weighted by atomic mass is 16.6. The number of benzene rings is 2. The first kappa shape index (κ1) is 29.9. The Bertz CT molecular complexity index is 1170. The molecule has 0 heterocycles. The van der Waals surface area contributed by atoms with E-state index in [1.165, 1.54) is 0 Å². The highest BCUT2D eigenvalue weighted by Gasteiger charge is 2.40. The highest BCUT2D eigenvalue weighted by Crippen LogP contribution is 2.60. The van der Waals surface area contributed by atoms with Gasteiger partial charge < -0.3 is 9.47 Å². The van der Waals surface area contributed by atoms with Crippen LogP contribution >= 0.6 is 0 Å². The molecule has 0 N–H and O–H groups in total. The number of carbonyl (C=O) groups is 2. The van der Waals surface area contributed by atoms with Gasteiger partial charge in [0.05, 0.1) is 11.8 Å². The van der Waals surface area contributed by atoms with Gasteiger partial charge in [0.1, 0.15) is 0 Å². The van der Waals surface area contributed by atoms with Crippen LogP contribution in [0.15, 0.2) is 18.2 Å². The molecule has 2 aromatic carbocycles. The van der Waals surface area contributed by atoms with Crippen molar-refractivity contribution < 1.29 is 19.1 Å². The molecule has 1 aliphatic rings. The molecule has 4 nitrogen and oxygen atoms in total. The summed E-state index contributed by atoms with van der Waals surface area (Å²) in [6.45, 7) is 19.0. The molecule has 1 aliphatic carbocycles. The third-order valence-corrected chi connectivity index (χ3v) is 8.06. The Hall–Kier alpha value is -2.62. The molecular formula is C34H48O4. The van der Waals surface area contributed by atoms with Crippen LogP contribution in [0.2, 0.25) is 0 Å². The Morgan fingerprint density at radius 3 is 1.76 bits per heavy atom. The minimum absolute atomic E-state index is 0.176. The molecule has 0 saturated carbocycles. The van der Waals surface area contributed by atoms with Crippen LogP contribution in [0.4, 0.5) is 0 Å². The quantitative estimate of drug-likeness (QED) is 0.176. The average molecular weight is 521 g/mol. The maximum Gasteiger partial charge on any atom is 0.314 e. The molecule has 0 aromatic heterocycles. The van der Waals surface area contributed by atoms with E-state index in [4.69, 9.17) is 9.47 Å². The number of fused-ring (bicyclic) bond motifs is 5. The predicted molar refractivity (Wildman–Crippen MR) is 157 cm³/mol. The second-order valence-corrected chi connectivity index (χ2v) is 12.0. The highest BCUT2D eigenvalue weighted by molar-refractivity contribution is 6.05. The largest absolute Gasteiger partial charge is 0.422 e. The van der Waals surface area contributed by atoms with Crippen molar-refractivity contribution >= 4 is 11.9 Å². The number of ether oxygens (including phenoxy) is 2. The number of hydrogen-bond acceptors (Lipinski definition) is 4. The van der Waals surface area contributed by atoms with Gasteiger partial charge in [-0.3, -0.25) is 9.59 Å². The molecule has 0 amide bonds. The molecular weight excluding hydrogens is 472 g/mol. The Morgan fingerprint density at radius 1 is 0.763 bits per heavy atom. The van der Waals surface area contributed by atoms with Crippen molar-refractivity contribution in [1.82, 2.24) is 0 Å². The number of hydrogen-bond donors (Lipinski definition) is 0. The number of esters is 2. The van der Waals surface area contributed by atoms with Gasteiger partial charge in [-0.15, -0.1) is 0 Å². The van der Waals surface area contributed by atoms with Crippen LogP contribution in [0.1, 0.15) is 117 Å². The first-order valence-corrected chi connectivity index (χ1v) is 14.8. The van der Waals surface area contributed by atoms with Crippen molar-refractivity contribution in [2.75, 3.05) is 0 Å². The normalized spacial score (nSPS) is 13.7. The fourth-order valence-electron chi connectivity index (χ4n) is 5.82. The number of carbonyl (C=O) groups excluding carboxylic acids is 2. The molecule has 3 rings (SSSR count).